The van der Waals surface area contributed by atoms with E-state index < -0.39 is 17.8 Å². The number of halogens is 1. The van der Waals surface area contributed by atoms with Gasteiger partial charge in [-0.25, -0.2) is 19.3 Å². The van der Waals surface area contributed by atoms with Gasteiger partial charge in [-0.05, 0) is 43.5 Å². The van der Waals surface area contributed by atoms with E-state index in [9.17, 15) is 9.90 Å². The molecule has 0 spiro atoms. The number of nitrogen functional groups attached to an aromatic ring is 1. The van der Waals surface area contributed by atoms with Crippen LogP contribution in [-0.2, 0) is 6.42 Å². The van der Waals surface area contributed by atoms with Crippen LogP contribution in [0.25, 0.3) is 22.4 Å². The van der Waals surface area contributed by atoms with E-state index in [2.05, 4.69) is 15.0 Å². The molecule has 4 rings (SSSR count). The fourth-order valence-corrected chi connectivity index (χ4v) is 3.91. The van der Waals surface area contributed by atoms with Crippen molar-refractivity contribution in [2.75, 3.05) is 18.8 Å². The van der Waals surface area contributed by atoms with Gasteiger partial charge in [-0.2, -0.15) is 0 Å². The van der Waals surface area contributed by atoms with E-state index >= 15 is 4.39 Å². The summed E-state index contributed by atoms with van der Waals surface area (Å²) >= 11 is 0. The van der Waals surface area contributed by atoms with Crippen molar-refractivity contribution in [3.05, 3.63) is 59.9 Å². The minimum atomic E-state index is -0.624. The molecule has 3 aromatic rings. The summed E-state index contributed by atoms with van der Waals surface area (Å²) in [5.41, 5.74) is 9.15. The molecule has 1 fully saturated rings. The van der Waals surface area contributed by atoms with Crippen LogP contribution >= 0.6 is 0 Å². The number of carbonyl (C=O) groups is 1. The third-order valence-electron chi connectivity index (χ3n) is 5.49. The van der Waals surface area contributed by atoms with E-state index in [1.807, 2.05) is 13.0 Å². The molecule has 3 N–H and O–H groups in total. The number of amides is 1. The number of nitrogens with zero attached hydrogens (tertiary/aromatic N) is 4. The highest BCUT2D eigenvalue weighted by Gasteiger charge is 2.25. The minimum absolute atomic E-state index is 0.0154. The minimum Gasteiger partial charge on any atom is -0.391 e. The summed E-state index contributed by atoms with van der Waals surface area (Å²) in [5.74, 6) is -0.639. The summed E-state index contributed by atoms with van der Waals surface area (Å²) in [6.07, 6.45) is 4.55. The fraction of sp³-hybridized carbons (Fsp3) is 0.304. The molecule has 31 heavy (non-hydrogen) atoms. The molecule has 1 amide bonds. The molecule has 1 atom stereocenters. The van der Waals surface area contributed by atoms with Gasteiger partial charge >= 0.3 is 0 Å². The molecule has 7 nitrogen and oxygen atoms in total. The first-order valence-electron chi connectivity index (χ1n) is 10.3. The van der Waals surface area contributed by atoms with Crippen molar-refractivity contribution < 1.29 is 14.3 Å². The van der Waals surface area contributed by atoms with Gasteiger partial charge in [0.05, 0.1) is 23.1 Å². The molecule has 160 valence electrons. The number of aryl methyl sites for hydroxylation is 1. The number of aromatic nitrogens is 3. The number of likely N-dealkylation sites (tertiary alicyclic amines) is 1. The number of hydrogen-bond donors (Lipinski definition) is 2. The average molecular weight is 421 g/mol. The molecule has 2 aromatic heterocycles. The second-order valence-electron chi connectivity index (χ2n) is 7.61. The highest BCUT2D eigenvalue weighted by Crippen LogP contribution is 2.33. The van der Waals surface area contributed by atoms with Gasteiger partial charge in [0.15, 0.2) is 0 Å². The first kappa shape index (κ1) is 20.9. The van der Waals surface area contributed by atoms with E-state index in [1.54, 1.807) is 18.3 Å². The van der Waals surface area contributed by atoms with Crippen LogP contribution in [0.4, 0.5) is 10.2 Å². The van der Waals surface area contributed by atoms with E-state index in [0.717, 1.165) is 16.8 Å². The molecule has 1 aliphatic heterocycles. The zero-order valence-electron chi connectivity index (χ0n) is 17.3. The normalized spacial score (nSPS) is 16.4. The average Bonchev–Trinajstić information content (AvgIpc) is 2.78. The number of β-amino-alcohol motifs (C(OH)–C–C–N with tert-alkyl or cyclic N) is 1. The van der Waals surface area contributed by atoms with Crippen LogP contribution in [-0.4, -0.2) is 50.1 Å². The Morgan fingerprint density at radius 3 is 2.71 bits per heavy atom. The molecule has 1 saturated heterocycles. The first-order valence-corrected chi connectivity index (χ1v) is 10.3. The number of hydrogen-bond acceptors (Lipinski definition) is 6. The molecule has 8 heteroatoms. The topological polar surface area (TPSA) is 105 Å². The molecule has 0 radical (unpaired) electrons. The Bertz CT molecular complexity index is 1100. The lowest BCUT2D eigenvalue weighted by Crippen LogP contribution is -2.42. The second-order valence-corrected chi connectivity index (χ2v) is 7.61. The standard InChI is InChI=1S/C23H24FN5O2/c1-2-19-21(15-6-8-20(25)26-11-15)22(28-13-27-19)14-5-7-17(18(24)10-14)23(31)29-9-3-4-16(30)12-29/h5-8,10-11,13,16,30H,2-4,9,12H2,1H3,(H2,25,26). The van der Waals surface area contributed by atoms with Crippen LogP contribution in [0.3, 0.4) is 0 Å². The second kappa shape index (κ2) is 8.77. The van der Waals surface area contributed by atoms with E-state index in [4.69, 9.17) is 5.73 Å². The van der Waals surface area contributed by atoms with Crippen molar-refractivity contribution in [1.29, 1.82) is 0 Å². The van der Waals surface area contributed by atoms with Crippen molar-refractivity contribution in [3.8, 4) is 22.4 Å². The Kier molecular flexibility index (Phi) is 5.90. The number of nitrogens with two attached hydrogens (primary N) is 1. The summed E-state index contributed by atoms with van der Waals surface area (Å²) in [6, 6.07) is 8.02. The molecular formula is C23H24FN5O2. The Hall–Kier alpha value is -3.39. The molecule has 3 heterocycles. The molecule has 0 saturated carbocycles. The van der Waals surface area contributed by atoms with Gasteiger partial charge in [0.2, 0.25) is 0 Å². The van der Waals surface area contributed by atoms with E-state index in [-0.39, 0.29) is 12.1 Å². The highest BCUT2D eigenvalue weighted by molar-refractivity contribution is 5.95. The lowest BCUT2D eigenvalue weighted by molar-refractivity contribution is 0.0470. The number of pyridine rings is 1. The van der Waals surface area contributed by atoms with Crippen molar-refractivity contribution in [2.24, 2.45) is 0 Å². The predicted octanol–water partition coefficient (Wildman–Crippen LogP) is 3.09. The lowest BCUT2D eigenvalue weighted by Gasteiger charge is -2.30. The Labute approximate surface area is 179 Å². The third-order valence-corrected chi connectivity index (χ3v) is 5.49. The van der Waals surface area contributed by atoms with Crippen LogP contribution in [0, 0.1) is 5.82 Å². The number of aliphatic hydroxyl groups excluding tert-OH is 1. The summed E-state index contributed by atoms with van der Waals surface area (Å²) in [5, 5.41) is 9.83. The molecule has 1 aliphatic rings. The van der Waals surface area contributed by atoms with Gasteiger partial charge in [0.1, 0.15) is 18.0 Å². The van der Waals surface area contributed by atoms with Crippen LogP contribution < -0.4 is 5.73 Å². The van der Waals surface area contributed by atoms with Crippen molar-refractivity contribution in [2.45, 2.75) is 32.3 Å². The van der Waals surface area contributed by atoms with E-state index in [0.29, 0.717) is 42.9 Å². The smallest absolute Gasteiger partial charge is 0.256 e. The van der Waals surface area contributed by atoms with Gasteiger partial charge in [0, 0.05) is 36.0 Å². The van der Waals surface area contributed by atoms with Crippen molar-refractivity contribution >= 4 is 11.7 Å². The fourth-order valence-electron chi connectivity index (χ4n) is 3.91. The maximum atomic E-state index is 15.0. The summed E-state index contributed by atoms with van der Waals surface area (Å²) in [4.78, 5) is 27.2. The monoisotopic (exact) mass is 421 g/mol. The first-order chi connectivity index (χ1) is 15.0. The molecule has 1 aromatic carbocycles. The SMILES string of the molecule is CCc1ncnc(-c2ccc(C(=O)N3CCCC(O)C3)c(F)c2)c1-c1ccc(N)nc1. The summed E-state index contributed by atoms with van der Waals surface area (Å²) < 4.78 is 15.0. The molecule has 1 unspecified atom stereocenters. The van der Waals surface area contributed by atoms with E-state index in [1.165, 1.54) is 23.4 Å². The summed E-state index contributed by atoms with van der Waals surface area (Å²) in [7, 11) is 0. The molecule has 0 aliphatic carbocycles. The van der Waals surface area contributed by atoms with Crippen LogP contribution in [0.5, 0.6) is 0 Å². The zero-order chi connectivity index (χ0) is 22.0. The van der Waals surface area contributed by atoms with Crippen molar-refractivity contribution in [1.82, 2.24) is 19.9 Å². The lowest BCUT2D eigenvalue weighted by atomic mass is 9.96. The van der Waals surface area contributed by atoms with Gasteiger partial charge < -0.3 is 15.7 Å². The van der Waals surface area contributed by atoms with Gasteiger partial charge in [-0.3, -0.25) is 4.79 Å². The maximum Gasteiger partial charge on any atom is 0.256 e. The number of aliphatic hydroxyl groups is 1. The van der Waals surface area contributed by atoms with Crippen LogP contribution in [0.2, 0.25) is 0 Å². The number of carbonyl (C=O) groups excluding carboxylic acids is 1. The predicted molar refractivity (Wildman–Crippen MR) is 116 cm³/mol. The highest BCUT2D eigenvalue weighted by atomic mass is 19.1. The van der Waals surface area contributed by atoms with Crippen molar-refractivity contribution in [3.63, 3.8) is 0 Å². The van der Waals surface area contributed by atoms with Gasteiger partial charge in [0.25, 0.3) is 5.91 Å². The van der Waals surface area contributed by atoms with Gasteiger partial charge in [-0.1, -0.05) is 13.0 Å². The zero-order valence-corrected chi connectivity index (χ0v) is 17.3. The van der Waals surface area contributed by atoms with Crippen LogP contribution in [0.15, 0.2) is 42.9 Å². The number of anilines is 1. The Balaban J connectivity index is 1.73. The number of benzene rings is 1. The Morgan fingerprint density at radius 2 is 2.03 bits per heavy atom. The van der Waals surface area contributed by atoms with Gasteiger partial charge in [-0.15, -0.1) is 0 Å². The van der Waals surface area contributed by atoms with Crippen LogP contribution in [0.1, 0.15) is 35.8 Å². The number of rotatable bonds is 4. The maximum absolute atomic E-state index is 15.0. The molecular weight excluding hydrogens is 397 g/mol. The Morgan fingerprint density at radius 1 is 1.23 bits per heavy atom. The quantitative estimate of drug-likeness (QED) is 0.671. The third kappa shape index (κ3) is 4.25. The summed E-state index contributed by atoms with van der Waals surface area (Å²) in [6.45, 7) is 2.72. The largest absolute Gasteiger partial charge is 0.391 e. The molecule has 0 bridgehead atoms. The number of piperidine rings is 1.